The Balaban J connectivity index is 1.49. The number of hydrogen-bond acceptors (Lipinski definition) is 3. The number of ketones is 1. The molecule has 2 N–H and O–H groups in total. The van der Waals surface area contributed by atoms with E-state index in [0.29, 0.717) is 36.4 Å². The number of rotatable bonds is 5. The Morgan fingerprint density at radius 3 is 2.30 bits per heavy atom. The highest BCUT2D eigenvalue weighted by atomic mass is 16.2. The Kier molecular flexibility index (Phi) is 5.98. The monoisotopic (exact) mass is 366 g/mol. The van der Waals surface area contributed by atoms with E-state index in [2.05, 4.69) is 5.32 Å². The van der Waals surface area contributed by atoms with Crippen LogP contribution in [0.15, 0.2) is 54.6 Å². The minimum Gasteiger partial charge on any atom is -0.327 e. The molecule has 27 heavy (non-hydrogen) atoms. The lowest BCUT2D eigenvalue weighted by Crippen LogP contribution is -3.15. The SMILES string of the molecule is CC(=O)c1cccc(NC(=O)C[NH+]2CCN(C(=O)c3ccccc3)CC2)c1. The summed E-state index contributed by atoms with van der Waals surface area (Å²) in [5.41, 5.74) is 1.90. The van der Waals surface area contributed by atoms with E-state index in [1.807, 2.05) is 35.2 Å². The van der Waals surface area contributed by atoms with Crippen molar-refractivity contribution in [2.75, 3.05) is 38.0 Å². The molecule has 3 rings (SSSR count). The molecule has 1 fully saturated rings. The van der Waals surface area contributed by atoms with Crippen molar-refractivity contribution < 1.29 is 19.3 Å². The fraction of sp³-hybridized carbons (Fsp3) is 0.286. The number of benzene rings is 2. The van der Waals surface area contributed by atoms with Gasteiger partial charge in [0, 0.05) is 16.8 Å². The molecule has 1 aliphatic rings. The number of Topliss-reactive ketones (excluding diaryl/α,β-unsaturated/α-hetero) is 1. The van der Waals surface area contributed by atoms with Gasteiger partial charge in [-0.15, -0.1) is 0 Å². The molecule has 2 aromatic carbocycles. The average molecular weight is 366 g/mol. The van der Waals surface area contributed by atoms with Crippen molar-refractivity contribution in [2.24, 2.45) is 0 Å². The second kappa shape index (κ2) is 8.60. The van der Waals surface area contributed by atoms with Crippen molar-refractivity contribution in [3.63, 3.8) is 0 Å². The van der Waals surface area contributed by atoms with Crippen LogP contribution in [-0.4, -0.2) is 55.2 Å². The summed E-state index contributed by atoms with van der Waals surface area (Å²) in [5, 5.41) is 2.85. The lowest BCUT2D eigenvalue weighted by molar-refractivity contribution is -0.895. The van der Waals surface area contributed by atoms with Crippen molar-refractivity contribution >= 4 is 23.3 Å². The first-order valence-electron chi connectivity index (χ1n) is 9.11. The van der Waals surface area contributed by atoms with E-state index in [0.717, 1.165) is 18.0 Å². The molecule has 1 aliphatic heterocycles. The number of amides is 2. The van der Waals surface area contributed by atoms with Crippen LogP contribution in [0.2, 0.25) is 0 Å². The van der Waals surface area contributed by atoms with Crippen LogP contribution in [0.25, 0.3) is 0 Å². The van der Waals surface area contributed by atoms with Crippen LogP contribution in [0.4, 0.5) is 5.69 Å². The standard InChI is InChI=1S/C21H23N3O3/c1-16(25)18-8-5-9-19(14-18)22-20(26)15-23-10-12-24(13-11-23)21(27)17-6-3-2-4-7-17/h2-9,14H,10-13,15H2,1H3,(H,22,26)/p+1. The Labute approximate surface area is 158 Å². The zero-order valence-corrected chi connectivity index (χ0v) is 15.4. The maximum atomic E-state index is 12.5. The summed E-state index contributed by atoms with van der Waals surface area (Å²) in [7, 11) is 0. The molecule has 0 aliphatic carbocycles. The molecule has 0 unspecified atom stereocenters. The van der Waals surface area contributed by atoms with Crippen molar-refractivity contribution in [1.82, 2.24) is 4.90 Å². The first-order valence-corrected chi connectivity index (χ1v) is 9.11. The normalized spacial score (nSPS) is 14.6. The molecule has 0 aromatic heterocycles. The van der Waals surface area contributed by atoms with Crippen LogP contribution in [0.3, 0.4) is 0 Å². The lowest BCUT2D eigenvalue weighted by atomic mass is 10.1. The topological polar surface area (TPSA) is 70.9 Å². The Hall–Kier alpha value is -2.99. The third-order valence-electron chi connectivity index (χ3n) is 4.74. The van der Waals surface area contributed by atoms with E-state index in [1.54, 1.807) is 24.3 Å². The minimum absolute atomic E-state index is 0.0315. The van der Waals surface area contributed by atoms with Gasteiger partial charge in [-0.3, -0.25) is 14.4 Å². The van der Waals surface area contributed by atoms with Gasteiger partial charge in [-0.1, -0.05) is 30.3 Å². The Bertz CT molecular complexity index is 828. The number of quaternary nitrogens is 1. The van der Waals surface area contributed by atoms with E-state index >= 15 is 0 Å². The zero-order chi connectivity index (χ0) is 19.2. The van der Waals surface area contributed by atoms with Crippen molar-refractivity contribution in [3.8, 4) is 0 Å². The van der Waals surface area contributed by atoms with Crippen molar-refractivity contribution in [3.05, 3.63) is 65.7 Å². The molecule has 6 heteroatoms. The molecule has 1 heterocycles. The van der Waals surface area contributed by atoms with E-state index in [1.165, 1.54) is 6.92 Å². The third kappa shape index (κ3) is 5.01. The van der Waals surface area contributed by atoms with Gasteiger partial charge < -0.3 is 15.1 Å². The number of anilines is 1. The molecular formula is C21H24N3O3+. The predicted molar refractivity (Wildman–Crippen MR) is 103 cm³/mol. The molecule has 0 saturated carbocycles. The van der Waals surface area contributed by atoms with Crippen LogP contribution in [-0.2, 0) is 4.79 Å². The van der Waals surface area contributed by atoms with Gasteiger partial charge in [-0.25, -0.2) is 0 Å². The van der Waals surface area contributed by atoms with E-state index < -0.39 is 0 Å². The highest BCUT2D eigenvalue weighted by Gasteiger charge is 2.25. The quantitative estimate of drug-likeness (QED) is 0.772. The summed E-state index contributed by atoms with van der Waals surface area (Å²) in [5.74, 6) is -0.0791. The Morgan fingerprint density at radius 2 is 1.63 bits per heavy atom. The molecule has 0 atom stereocenters. The number of nitrogens with zero attached hydrogens (tertiary/aromatic N) is 1. The maximum absolute atomic E-state index is 12.5. The average Bonchev–Trinajstić information content (AvgIpc) is 2.69. The van der Waals surface area contributed by atoms with Gasteiger partial charge in [0.05, 0.1) is 26.2 Å². The van der Waals surface area contributed by atoms with Gasteiger partial charge >= 0.3 is 0 Å². The van der Waals surface area contributed by atoms with Gasteiger partial charge in [0.25, 0.3) is 11.8 Å². The molecule has 6 nitrogen and oxygen atoms in total. The van der Waals surface area contributed by atoms with Gasteiger partial charge in [0.1, 0.15) is 0 Å². The van der Waals surface area contributed by atoms with Crippen LogP contribution in [0.1, 0.15) is 27.6 Å². The molecule has 2 amide bonds. The van der Waals surface area contributed by atoms with Gasteiger partial charge in [0.15, 0.2) is 12.3 Å². The first kappa shape index (κ1) is 18.8. The molecule has 2 aromatic rings. The number of carbonyl (C=O) groups is 3. The Morgan fingerprint density at radius 1 is 0.963 bits per heavy atom. The second-order valence-corrected chi connectivity index (χ2v) is 6.77. The van der Waals surface area contributed by atoms with Crippen LogP contribution in [0.5, 0.6) is 0 Å². The van der Waals surface area contributed by atoms with Gasteiger partial charge in [-0.2, -0.15) is 0 Å². The summed E-state index contributed by atoms with van der Waals surface area (Å²) in [6.45, 7) is 4.59. The van der Waals surface area contributed by atoms with Crippen LogP contribution >= 0.6 is 0 Å². The minimum atomic E-state index is -0.0893. The smallest absolute Gasteiger partial charge is 0.279 e. The molecule has 0 radical (unpaired) electrons. The summed E-state index contributed by atoms with van der Waals surface area (Å²) in [6.07, 6.45) is 0. The molecular weight excluding hydrogens is 342 g/mol. The molecule has 140 valence electrons. The summed E-state index contributed by atoms with van der Waals surface area (Å²) in [4.78, 5) is 39.2. The molecule has 0 bridgehead atoms. The zero-order valence-electron chi connectivity index (χ0n) is 15.4. The van der Waals surface area contributed by atoms with Crippen molar-refractivity contribution in [1.29, 1.82) is 0 Å². The highest BCUT2D eigenvalue weighted by molar-refractivity contribution is 5.97. The second-order valence-electron chi connectivity index (χ2n) is 6.77. The predicted octanol–water partition coefficient (Wildman–Crippen LogP) is 0.869. The van der Waals surface area contributed by atoms with Crippen LogP contribution < -0.4 is 10.2 Å². The molecule has 1 saturated heterocycles. The van der Waals surface area contributed by atoms with Crippen LogP contribution in [0, 0.1) is 0 Å². The number of piperazine rings is 1. The van der Waals surface area contributed by atoms with E-state index in [4.69, 9.17) is 0 Å². The van der Waals surface area contributed by atoms with Gasteiger partial charge in [0.2, 0.25) is 0 Å². The lowest BCUT2D eigenvalue weighted by Gasteiger charge is -2.32. The summed E-state index contributed by atoms with van der Waals surface area (Å²) in [6, 6.07) is 16.2. The maximum Gasteiger partial charge on any atom is 0.279 e. The fourth-order valence-corrected chi connectivity index (χ4v) is 3.21. The van der Waals surface area contributed by atoms with Crippen molar-refractivity contribution in [2.45, 2.75) is 6.92 Å². The first-order chi connectivity index (χ1) is 13.0. The molecule has 0 spiro atoms. The number of carbonyl (C=O) groups excluding carboxylic acids is 3. The fourth-order valence-electron chi connectivity index (χ4n) is 3.21. The summed E-state index contributed by atoms with van der Waals surface area (Å²) >= 11 is 0. The number of hydrogen-bond donors (Lipinski definition) is 2. The van der Waals surface area contributed by atoms with Gasteiger partial charge in [-0.05, 0) is 31.2 Å². The number of nitrogens with one attached hydrogen (secondary N) is 2. The van der Waals surface area contributed by atoms with E-state index in [9.17, 15) is 14.4 Å². The largest absolute Gasteiger partial charge is 0.327 e. The highest BCUT2D eigenvalue weighted by Crippen LogP contribution is 2.11. The summed E-state index contributed by atoms with van der Waals surface area (Å²) < 4.78 is 0. The third-order valence-corrected chi connectivity index (χ3v) is 4.74. The van der Waals surface area contributed by atoms with E-state index in [-0.39, 0.29) is 17.6 Å².